The molecule has 24 heavy (non-hydrogen) atoms. The van der Waals surface area contributed by atoms with Crippen molar-refractivity contribution in [3.63, 3.8) is 0 Å². The molecule has 1 aliphatic rings. The standard InChI is InChI=1S/C16H22N6OS/c1-2-24-14-8-3-4-9-21(11-14)15(23)12-6-5-7-13(10-12)22-16(17)18-19-20-22/h5-7,10,14H,2-4,8-9,11H2,1H3,(H2,17,18,20). The third-order valence-electron chi connectivity index (χ3n) is 4.15. The third-order valence-corrected chi connectivity index (χ3v) is 5.34. The van der Waals surface area contributed by atoms with Gasteiger partial charge in [-0.15, -0.1) is 0 Å². The number of likely N-dealkylation sites (tertiary alicyclic amines) is 1. The van der Waals surface area contributed by atoms with Gasteiger partial charge in [0, 0.05) is 23.9 Å². The van der Waals surface area contributed by atoms with E-state index in [9.17, 15) is 4.79 Å². The molecule has 1 aliphatic heterocycles. The number of thioether (sulfide) groups is 1. The molecular formula is C16H22N6OS. The van der Waals surface area contributed by atoms with Crippen molar-refractivity contribution in [2.24, 2.45) is 0 Å². The summed E-state index contributed by atoms with van der Waals surface area (Å²) in [6, 6.07) is 7.29. The molecule has 7 nitrogen and oxygen atoms in total. The van der Waals surface area contributed by atoms with Crippen molar-refractivity contribution in [2.75, 3.05) is 24.6 Å². The van der Waals surface area contributed by atoms with Gasteiger partial charge in [-0.1, -0.05) is 24.5 Å². The Labute approximate surface area is 145 Å². The minimum Gasteiger partial charge on any atom is -0.366 e. The summed E-state index contributed by atoms with van der Waals surface area (Å²) in [6.07, 6.45) is 3.43. The SMILES string of the molecule is CCSC1CCCCN(C(=O)c2cccc(-n3nnnc3N)c2)C1. The molecule has 2 aromatic rings. The van der Waals surface area contributed by atoms with E-state index in [1.807, 2.05) is 34.9 Å². The largest absolute Gasteiger partial charge is 0.366 e. The van der Waals surface area contributed by atoms with E-state index in [0.29, 0.717) is 16.5 Å². The minimum absolute atomic E-state index is 0.0621. The quantitative estimate of drug-likeness (QED) is 0.910. The summed E-state index contributed by atoms with van der Waals surface area (Å²) in [7, 11) is 0. The monoisotopic (exact) mass is 346 g/mol. The summed E-state index contributed by atoms with van der Waals surface area (Å²) in [4.78, 5) is 14.9. The number of nitrogens with two attached hydrogens (primary N) is 1. The van der Waals surface area contributed by atoms with Gasteiger partial charge in [0.1, 0.15) is 0 Å². The lowest BCUT2D eigenvalue weighted by molar-refractivity contribution is 0.0763. The molecule has 1 aromatic heterocycles. The van der Waals surface area contributed by atoms with Gasteiger partial charge < -0.3 is 10.6 Å². The van der Waals surface area contributed by atoms with Crippen molar-refractivity contribution in [3.8, 4) is 5.69 Å². The van der Waals surface area contributed by atoms with Crippen LogP contribution in [0, 0.1) is 0 Å². The van der Waals surface area contributed by atoms with Gasteiger partial charge in [0.2, 0.25) is 5.95 Å². The predicted octanol–water partition coefficient (Wildman–Crippen LogP) is 1.99. The zero-order chi connectivity index (χ0) is 16.9. The summed E-state index contributed by atoms with van der Waals surface area (Å²) in [6.45, 7) is 3.80. The first-order chi connectivity index (χ1) is 11.7. The van der Waals surface area contributed by atoms with Gasteiger partial charge in [0.15, 0.2) is 0 Å². The maximum Gasteiger partial charge on any atom is 0.253 e. The van der Waals surface area contributed by atoms with Crippen LogP contribution in [-0.2, 0) is 0 Å². The zero-order valence-corrected chi connectivity index (χ0v) is 14.6. The molecule has 1 atom stereocenters. The van der Waals surface area contributed by atoms with Gasteiger partial charge in [-0.3, -0.25) is 4.79 Å². The highest BCUT2D eigenvalue weighted by Crippen LogP contribution is 2.23. The number of carbonyl (C=O) groups is 1. The molecule has 2 N–H and O–H groups in total. The fourth-order valence-corrected chi connectivity index (χ4v) is 4.08. The smallest absolute Gasteiger partial charge is 0.253 e. The molecule has 2 heterocycles. The van der Waals surface area contributed by atoms with Crippen LogP contribution in [0.1, 0.15) is 36.5 Å². The highest BCUT2D eigenvalue weighted by Gasteiger charge is 2.23. The Balaban J connectivity index is 1.80. The molecule has 1 fully saturated rings. The average Bonchev–Trinajstić information content (AvgIpc) is 2.89. The predicted molar refractivity (Wildman–Crippen MR) is 95.2 cm³/mol. The number of anilines is 1. The number of tetrazole rings is 1. The zero-order valence-electron chi connectivity index (χ0n) is 13.8. The number of hydrogen-bond acceptors (Lipinski definition) is 6. The number of nitrogens with zero attached hydrogens (tertiary/aromatic N) is 5. The molecule has 128 valence electrons. The van der Waals surface area contributed by atoms with E-state index in [1.165, 1.54) is 17.5 Å². The van der Waals surface area contributed by atoms with Crippen molar-refractivity contribution in [1.82, 2.24) is 25.1 Å². The van der Waals surface area contributed by atoms with E-state index in [-0.39, 0.29) is 11.9 Å². The van der Waals surface area contributed by atoms with Gasteiger partial charge in [-0.2, -0.15) is 16.4 Å². The first-order valence-electron chi connectivity index (χ1n) is 8.24. The highest BCUT2D eigenvalue weighted by atomic mass is 32.2. The van der Waals surface area contributed by atoms with Gasteiger partial charge >= 0.3 is 0 Å². The minimum atomic E-state index is 0.0621. The Hall–Kier alpha value is -2.09. The van der Waals surface area contributed by atoms with Crippen molar-refractivity contribution < 1.29 is 4.79 Å². The number of hydrogen-bond donors (Lipinski definition) is 1. The van der Waals surface area contributed by atoms with Crippen LogP contribution < -0.4 is 5.73 Å². The number of rotatable bonds is 4. The lowest BCUT2D eigenvalue weighted by Crippen LogP contribution is -2.35. The van der Waals surface area contributed by atoms with Crippen molar-refractivity contribution in [2.45, 2.75) is 31.4 Å². The topological polar surface area (TPSA) is 89.9 Å². The van der Waals surface area contributed by atoms with E-state index in [1.54, 1.807) is 6.07 Å². The summed E-state index contributed by atoms with van der Waals surface area (Å²) in [5, 5.41) is 11.6. The molecule has 0 aliphatic carbocycles. The van der Waals surface area contributed by atoms with Crippen LogP contribution in [0.2, 0.25) is 0 Å². The maximum atomic E-state index is 12.9. The lowest BCUT2D eigenvalue weighted by atomic mass is 10.1. The van der Waals surface area contributed by atoms with Crippen molar-refractivity contribution >= 4 is 23.6 Å². The van der Waals surface area contributed by atoms with Crippen LogP contribution in [0.3, 0.4) is 0 Å². The molecule has 1 saturated heterocycles. The highest BCUT2D eigenvalue weighted by molar-refractivity contribution is 7.99. The van der Waals surface area contributed by atoms with E-state index in [2.05, 4.69) is 22.4 Å². The molecule has 0 radical (unpaired) electrons. The number of carbonyl (C=O) groups excluding carboxylic acids is 1. The Morgan fingerprint density at radius 1 is 1.42 bits per heavy atom. The normalized spacial score (nSPS) is 18.4. The number of aromatic nitrogens is 4. The van der Waals surface area contributed by atoms with E-state index >= 15 is 0 Å². The van der Waals surface area contributed by atoms with Gasteiger partial charge in [0.05, 0.1) is 5.69 Å². The van der Waals surface area contributed by atoms with Crippen LogP contribution in [0.25, 0.3) is 5.69 Å². The van der Waals surface area contributed by atoms with E-state index < -0.39 is 0 Å². The summed E-state index contributed by atoms with van der Waals surface area (Å²) >= 11 is 1.94. The second-order valence-corrected chi connectivity index (χ2v) is 7.40. The first kappa shape index (κ1) is 16.8. The van der Waals surface area contributed by atoms with E-state index in [4.69, 9.17) is 5.73 Å². The molecule has 3 rings (SSSR count). The van der Waals surface area contributed by atoms with Gasteiger partial charge in [0.25, 0.3) is 5.91 Å². The molecule has 0 spiro atoms. The van der Waals surface area contributed by atoms with E-state index in [0.717, 1.165) is 25.3 Å². The summed E-state index contributed by atoms with van der Waals surface area (Å²) in [5.41, 5.74) is 7.08. The fourth-order valence-electron chi connectivity index (χ4n) is 2.99. The summed E-state index contributed by atoms with van der Waals surface area (Å²) in [5.74, 6) is 1.35. The number of benzene rings is 1. The van der Waals surface area contributed by atoms with Crippen LogP contribution in [0.5, 0.6) is 0 Å². The maximum absolute atomic E-state index is 12.9. The molecular weight excluding hydrogens is 324 g/mol. The Kier molecular flexibility index (Phi) is 5.34. The first-order valence-corrected chi connectivity index (χ1v) is 9.29. The average molecular weight is 346 g/mol. The fraction of sp³-hybridized carbons (Fsp3) is 0.500. The molecule has 1 unspecified atom stereocenters. The molecule has 1 aromatic carbocycles. The Morgan fingerprint density at radius 2 is 2.29 bits per heavy atom. The van der Waals surface area contributed by atoms with Crippen LogP contribution >= 0.6 is 11.8 Å². The van der Waals surface area contributed by atoms with Gasteiger partial charge in [-0.05, 0) is 47.2 Å². The second kappa shape index (κ2) is 7.65. The van der Waals surface area contributed by atoms with Crippen LogP contribution in [0.4, 0.5) is 5.95 Å². The van der Waals surface area contributed by atoms with Crippen molar-refractivity contribution in [1.29, 1.82) is 0 Å². The Morgan fingerprint density at radius 3 is 3.04 bits per heavy atom. The van der Waals surface area contributed by atoms with Gasteiger partial charge in [-0.25, -0.2) is 0 Å². The molecule has 8 heteroatoms. The molecule has 0 bridgehead atoms. The van der Waals surface area contributed by atoms with Crippen LogP contribution in [-0.4, -0.2) is 55.1 Å². The second-order valence-electron chi connectivity index (χ2n) is 5.82. The third kappa shape index (κ3) is 3.69. The summed E-state index contributed by atoms with van der Waals surface area (Å²) < 4.78 is 1.43. The number of amides is 1. The van der Waals surface area contributed by atoms with Crippen LogP contribution in [0.15, 0.2) is 24.3 Å². The molecule has 0 saturated carbocycles. The molecule has 1 amide bonds. The van der Waals surface area contributed by atoms with Crippen molar-refractivity contribution in [3.05, 3.63) is 29.8 Å². The lowest BCUT2D eigenvalue weighted by Gasteiger charge is -2.24. The Bertz CT molecular complexity index is 703. The number of nitrogen functional groups attached to an aromatic ring is 1.